The van der Waals surface area contributed by atoms with E-state index in [2.05, 4.69) is 0 Å². The monoisotopic (exact) mass is 482 g/mol. The number of hydrogen-bond acceptors (Lipinski definition) is 4. The molecule has 1 atom stereocenters. The summed E-state index contributed by atoms with van der Waals surface area (Å²) in [6, 6.07) is 7.20. The maximum atomic E-state index is 14.0. The van der Waals surface area contributed by atoms with Crippen LogP contribution >= 0.6 is 0 Å². The maximum Gasteiger partial charge on any atom is 0.416 e. The van der Waals surface area contributed by atoms with Crippen LogP contribution in [0.3, 0.4) is 0 Å². The molecule has 1 amide bonds. The van der Waals surface area contributed by atoms with Crippen LogP contribution in [0.5, 0.6) is 0 Å². The first-order chi connectivity index (χ1) is 16.0. The lowest BCUT2D eigenvalue weighted by Gasteiger charge is -2.44. The topological polar surface area (TPSA) is 72.8 Å². The second-order valence-corrected chi connectivity index (χ2v) is 8.06. The Morgan fingerprint density at radius 1 is 1.09 bits per heavy atom. The highest BCUT2D eigenvalue weighted by Gasteiger charge is 2.55. The van der Waals surface area contributed by atoms with Crippen LogP contribution < -0.4 is 4.48 Å². The number of carboxylic acid groups (broad SMARTS) is 1. The number of amides is 1. The lowest BCUT2D eigenvalue weighted by Crippen LogP contribution is -2.65. The Balaban J connectivity index is 2.44. The van der Waals surface area contributed by atoms with E-state index in [0.29, 0.717) is 5.56 Å². The molecule has 0 saturated heterocycles. The van der Waals surface area contributed by atoms with Gasteiger partial charge in [0, 0.05) is 31.4 Å². The molecule has 0 radical (unpaired) electrons. The van der Waals surface area contributed by atoms with Gasteiger partial charge >= 0.3 is 18.1 Å². The van der Waals surface area contributed by atoms with Gasteiger partial charge in [0.1, 0.15) is 37.3 Å². The van der Waals surface area contributed by atoms with E-state index in [-0.39, 0.29) is 36.6 Å². The predicted molar refractivity (Wildman–Crippen MR) is 116 cm³/mol. The Kier molecular flexibility index (Phi) is 7.25. The lowest BCUT2D eigenvalue weighted by molar-refractivity contribution is -0.141. The van der Waals surface area contributed by atoms with E-state index in [1.807, 2.05) is 0 Å². The summed E-state index contributed by atoms with van der Waals surface area (Å²) in [7, 11) is 2.70. The van der Waals surface area contributed by atoms with Gasteiger partial charge in [-0.15, -0.1) is 0 Å². The van der Waals surface area contributed by atoms with Gasteiger partial charge in [0.05, 0.1) is 5.56 Å². The molecule has 0 bridgehead atoms. The second kappa shape index (κ2) is 9.65. The number of rotatable bonds is 8. The number of hydrogen-bond donors (Lipinski definition) is 1. The third kappa shape index (κ3) is 4.48. The highest BCUT2D eigenvalue weighted by molar-refractivity contribution is 6.27. The zero-order chi connectivity index (χ0) is 25.3. The molecule has 1 unspecified atom stereocenters. The highest BCUT2D eigenvalue weighted by Crippen LogP contribution is 2.46. The zero-order valence-corrected chi connectivity index (χ0v) is 18.8. The number of carbonyl (C=O) groups excluding carboxylic acids is 1. The molecule has 182 valence electrons. The summed E-state index contributed by atoms with van der Waals surface area (Å²) >= 11 is 0. The Morgan fingerprint density at radius 2 is 1.74 bits per heavy atom. The average molecular weight is 482 g/mol. The van der Waals surface area contributed by atoms with Crippen LogP contribution in [-0.2, 0) is 31.8 Å². The van der Waals surface area contributed by atoms with Gasteiger partial charge in [-0.25, -0.2) is 18.5 Å². The van der Waals surface area contributed by atoms with Gasteiger partial charge < -0.3 is 14.6 Å². The first kappa shape index (κ1) is 25.5. The number of halogens is 4. The van der Waals surface area contributed by atoms with Gasteiger partial charge in [-0.1, -0.05) is 12.1 Å². The van der Waals surface area contributed by atoms with Crippen LogP contribution in [0.25, 0.3) is 5.57 Å². The number of ether oxygens (including phenoxy) is 2. The second-order valence-electron chi connectivity index (χ2n) is 8.06. The van der Waals surface area contributed by atoms with E-state index in [0.717, 1.165) is 24.3 Å². The minimum Gasteiger partial charge on any atom is -0.477 e. The zero-order valence-electron chi connectivity index (χ0n) is 18.8. The molecule has 0 saturated carbocycles. The molecule has 0 spiro atoms. The molecule has 0 fully saturated rings. The number of aliphatic carboxylic acids is 1. The van der Waals surface area contributed by atoms with Crippen LogP contribution in [0.15, 0.2) is 48.0 Å². The summed E-state index contributed by atoms with van der Waals surface area (Å²) in [4.78, 5) is 26.1. The highest BCUT2D eigenvalue weighted by atomic mass is 19.4. The van der Waals surface area contributed by atoms with Gasteiger partial charge in [0.15, 0.2) is 5.57 Å². The first-order valence-corrected chi connectivity index (χ1v) is 10.3. The Labute approximate surface area is 193 Å². The standard InChI is InChI=1S/C24H23F4NO5/c1-14-19-8-7-16(24(26,27)28)10-20(19)29(18(12-33-2)13-34-3,22(30)21(14)23(31)32)11-15-5-4-6-17(25)9-15/h4-10,18H,11-13H2,1-3H3/p+1. The number of quaternary nitrogens is 1. The van der Waals surface area contributed by atoms with Crippen molar-refractivity contribution in [3.8, 4) is 0 Å². The average Bonchev–Trinajstić information content (AvgIpc) is 2.75. The van der Waals surface area contributed by atoms with Gasteiger partial charge in [-0.3, -0.25) is 0 Å². The molecular weight excluding hydrogens is 458 g/mol. The van der Waals surface area contributed by atoms with Crippen molar-refractivity contribution in [2.45, 2.75) is 25.7 Å². The number of benzene rings is 2. The van der Waals surface area contributed by atoms with E-state index < -0.39 is 45.5 Å². The molecule has 1 aliphatic heterocycles. The fraction of sp³-hybridized carbons (Fsp3) is 0.333. The van der Waals surface area contributed by atoms with Crippen LogP contribution in [0.2, 0.25) is 0 Å². The smallest absolute Gasteiger partial charge is 0.416 e. The van der Waals surface area contributed by atoms with Crippen molar-refractivity contribution in [2.75, 3.05) is 27.4 Å². The molecule has 1 aliphatic rings. The fourth-order valence-electron chi connectivity index (χ4n) is 4.47. The van der Waals surface area contributed by atoms with E-state index in [1.54, 1.807) is 0 Å². The lowest BCUT2D eigenvalue weighted by atomic mass is 9.88. The van der Waals surface area contributed by atoms with Crippen molar-refractivity contribution in [1.29, 1.82) is 0 Å². The van der Waals surface area contributed by atoms with Crippen LogP contribution in [-0.4, -0.2) is 50.5 Å². The predicted octanol–water partition coefficient (Wildman–Crippen LogP) is 4.41. The third-order valence-electron chi connectivity index (χ3n) is 5.99. The largest absolute Gasteiger partial charge is 0.477 e. The summed E-state index contributed by atoms with van der Waals surface area (Å²) in [5.74, 6) is -3.05. The van der Waals surface area contributed by atoms with Crippen molar-refractivity contribution < 1.29 is 41.7 Å². The van der Waals surface area contributed by atoms with Gasteiger partial charge in [-0.05, 0) is 36.8 Å². The Bertz CT molecular complexity index is 1140. The molecule has 6 nitrogen and oxygen atoms in total. The fourth-order valence-corrected chi connectivity index (χ4v) is 4.47. The van der Waals surface area contributed by atoms with Gasteiger partial charge in [-0.2, -0.15) is 13.2 Å². The summed E-state index contributed by atoms with van der Waals surface area (Å²) in [6.45, 7) is 0.782. The molecule has 1 heterocycles. The molecule has 0 aromatic heterocycles. The first-order valence-electron chi connectivity index (χ1n) is 10.3. The summed E-state index contributed by atoms with van der Waals surface area (Å²) in [6.07, 6.45) is -4.71. The maximum absolute atomic E-state index is 14.0. The van der Waals surface area contributed by atoms with E-state index in [4.69, 9.17) is 9.47 Å². The van der Waals surface area contributed by atoms with E-state index in [1.165, 1.54) is 39.3 Å². The normalized spacial score (nSPS) is 18.4. The molecule has 10 heteroatoms. The summed E-state index contributed by atoms with van der Waals surface area (Å²) in [5, 5.41) is 9.88. The molecule has 0 aliphatic carbocycles. The van der Waals surface area contributed by atoms with Crippen LogP contribution in [0.1, 0.15) is 23.6 Å². The molecule has 2 aromatic rings. The van der Waals surface area contributed by atoms with Crippen molar-refractivity contribution in [3.63, 3.8) is 0 Å². The summed E-state index contributed by atoms with van der Waals surface area (Å²) < 4.78 is 64.8. The Hall–Kier alpha value is -3.08. The van der Waals surface area contributed by atoms with Gasteiger partial charge in [0.2, 0.25) is 0 Å². The minimum atomic E-state index is -4.71. The van der Waals surface area contributed by atoms with Crippen molar-refractivity contribution in [2.24, 2.45) is 0 Å². The molecule has 1 N–H and O–H groups in total. The van der Waals surface area contributed by atoms with Gasteiger partial charge in [0.25, 0.3) is 0 Å². The quantitative estimate of drug-likeness (QED) is 0.343. The number of nitrogens with zero attached hydrogens (tertiary/aromatic N) is 1. The number of methoxy groups -OCH3 is 2. The Morgan fingerprint density at radius 3 is 2.26 bits per heavy atom. The van der Waals surface area contributed by atoms with E-state index >= 15 is 0 Å². The number of alkyl halides is 3. The third-order valence-corrected chi connectivity index (χ3v) is 5.99. The molecule has 3 rings (SSSR count). The number of carbonyl (C=O) groups is 2. The number of carboxylic acids is 1. The molecular formula is C24H24F4NO5+. The van der Waals surface area contributed by atoms with Crippen molar-refractivity contribution >= 4 is 23.1 Å². The van der Waals surface area contributed by atoms with Crippen LogP contribution in [0, 0.1) is 5.82 Å². The van der Waals surface area contributed by atoms with Crippen LogP contribution in [0.4, 0.5) is 23.2 Å². The number of fused-ring (bicyclic) bond motifs is 1. The number of allylic oxidation sites excluding steroid dienone is 1. The molecule has 34 heavy (non-hydrogen) atoms. The summed E-state index contributed by atoms with van der Waals surface area (Å²) in [5.41, 5.74) is -1.09. The van der Waals surface area contributed by atoms with Crippen molar-refractivity contribution in [3.05, 3.63) is 70.5 Å². The SMILES string of the molecule is COCC(COC)[N+]1(Cc2cccc(F)c2)C(=O)C(C(=O)O)=C(C)c2ccc(C(F)(F)F)cc21. The minimum absolute atomic E-state index is 0.0443. The van der Waals surface area contributed by atoms with E-state index in [9.17, 15) is 32.3 Å². The molecule has 2 aromatic carbocycles. The van der Waals surface area contributed by atoms with Crippen molar-refractivity contribution in [1.82, 2.24) is 4.48 Å².